The van der Waals surface area contributed by atoms with Crippen molar-refractivity contribution in [1.82, 2.24) is 4.98 Å². The normalized spacial score (nSPS) is 10.1. The lowest BCUT2D eigenvalue weighted by Gasteiger charge is -2.10. The average molecular weight is 279 g/mol. The van der Waals surface area contributed by atoms with Crippen molar-refractivity contribution in [3.05, 3.63) is 53.7 Å². The molecule has 1 heterocycles. The fourth-order valence-corrected chi connectivity index (χ4v) is 1.62. The van der Waals surface area contributed by atoms with Crippen LogP contribution < -0.4 is 10.6 Å². The fourth-order valence-electron chi connectivity index (χ4n) is 1.40. The maximum Gasteiger partial charge on any atom is 0.176 e. The number of rotatable bonds is 2. The van der Waals surface area contributed by atoms with Crippen molar-refractivity contribution in [1.29, 1.82) is 0 Å². The van der Waals surface area contributed by atoms with Gasteiger partial charge in [0.2, 0.25) is 0 Å². The molecule has 0 saturated heterocycles. The molecule has 0 bridgehead atoms. The van der Waals surface area contributed by atoms with Crippen LogP contribution >= 0.6 is 12.2 Å². The van der Waals surface area contributed by atoms with E-state index in [0.29, 0.717) is 5.82 Å². The SMILES string of the molecule is Cc1ccc(NC(=S)Nc2ccc(F)cc2F)nc1. The minimum atomic E-state index is -0.707. The Morgan fingerprint density at radius 2 is 1.95 bits per heavy atom. The van der Waals surface area contributed by atoms with Crippen molar-refractivity contribution in [2.75, 3.05) is 10.6 Å². The van der Waals surface area contributed by atoms with Crippen molar-refractivity contribution in [2.45, 2.75) is 6.92 Å². The number of nitrogens with zero attached hydrogens (tertiary/aromatic N) is 1. The number of hydrogen-bond donors (Lipinski definition) is 2. The lowest BCUT2D eigenvalue weighted by Crippen LogP contribution is -2.20. The number of nitrogens with one attached hydrogen (secondary N) is 2. The number of pyridine rings is 1. The maximum absolute atomic E-state index is 13.4. The van der Waals surface area contributed by atoms with Crippen molar-refractivity contribution in [3.8, 4) is 0 Å². The van der Waals surface area contributed by atoms with E-state index in [1.807, 2.05) is 13.0 Å². The Morgan fingerprint density at radius 3 is 2.58 bits per heavy atom. The topological polar surface area (TPSA) is 37.0 Å². The zero-order chi connectivity index (χ0) is 13.8. The molecule has 1 aromatic heterocycles. The van der Waals surface area contributed by atoms with Gasteiger partial charge < -0.3 is 10.6 Å². The second-order valence-electron chi connectivity index (χ2n) is 3.92. The van der Waals surface area contributed by atoms with Crippen LogP contribution in [-0.4, -0.2) is 10.1 Å². The van der Waals surface area contributed by atoms with E-state index in [1.165, 1.54) is 6.07 Å². The van der Waals surface area contributed by atoms with Crippen molar-refractivity contribution in [2.24, 2.45) is 0 Å². The Balaban J connectivity index is 2.03. The molecule has 0 unspecified atom stereocenters. The molecular weight excluding hydrogens is 268 g/mol. The molecule has 6 heteroatoms. The summed E-state index contributed by atoms with van der Waals surface area (Å²) in [5.41, 5.74) is 1.13. The Bertz CT molecular complexity index is 599. The number of aryl methyl sites for hydroxylation is 1. The van der Waals surface area contributed by atoms with Crippen LogP contribution in [0.2, 0.25) is 0 Å². The minimum Gasteiger partial charge on any atom is -0.330 e. The van der Waals surface area contributed by atoms with Gasteiger partial charge in [-0.2, -0.15) is 0 Å². The Labute approximate surface area is 114 Å². The number of hydrogen-bond acceptors (Lipinski definition) is 2. The van der Waals surface area contributed by atoms with Crippen LogP contribution in [0.3, 0.4) is 0 Å². The van der Waals surface area contributed by atoms with E-state index < -0.39 is 11.6 Å². The summed E-state index contributed by atoms with van der Waals surface area (Å²) in [4.78, 5) is 4.10. The molecule has 0 radical (unpaired) electrons. The molecule has 19 heavy (non-hydrogen) atoms. The van der Waals surface area contributed by atoms with E-state index >= 15 is 0 Å². The molecule has 0 saturated carbocycles. The predicted molar refractivity (Wildman–Crippen MR) is 75.2 cm³/mol. The predicted octanol–water partition coefficient (Wildman–Crippen LogP) is 3.48. The standard InChI is InChI=1S/C13H11F2N3S/c1-8-2-5-12(16-7-8)18-13(19)17-11-4-3-9(14)6-10(11)15/h2-7H,1H3,(H2,16,17,18,19). The third-order valence-electron chi connectivity index (χ3n) is 2.33. The third-order valence-corrected chi connectivity index (χ3v) is 2.54. The summed E-state index contributed by atoms with van der Waals surface area (Å²) < 4.78 is 26.1. The van der Waals surface area contributed by atoms with Crippen molar-refractivity contribution in [3.63, 3.8) is 0 Å². The summed E-state index contributed by atoms with van der Waals surface area (Å²) in [6.45, 7) is 1.92. The average Bonchev–Trinajstić information content (AvgIpc) is 2.36. The third kappa shape index (κ3) is 3.69. The van der Waals surface area contributed by atoms with E-state index in [0.717, 1.165) is 17.7 Å². The van der Waals surface area contributed by atoms with Gasteiger partial charge in [0.15, 0.2) is 5.11 Å². The van der Waals surface area contributed by atoms with Crippen LogP contribution in [0.15, 0.2) is 36.5 Å². The van der Waals surface area contributed by atoms with Gasteiger partial charge in [0.25, 0.3) is 0 Å². The molecule has 0 atom stereocenters. The first-order valence-corrected chi connectivity index (χ1v) is 5.91. The molecule has 2 N–H and O–H groups in total. The molecule has 3 nitrogen and oxygen atoms in total. The van der Waals surface area contributed by atoms with Gasteiger partial charge in [0.1, 0.15) is 17.5 Å². The molecule has 0 spiro atoms. The second-order valence-corrected chi connectivity index (χ2v) is 4.33. The summed E-state index contributed by atoms with van der Waals surface area (Å²) in [6.07, 6.45) is 1.68. The monoisotopic (exact) mass is 279 g/mol. The maximum atomic E-state index is 13.4. The smallest absolute Gasteiger partial charge is 0.176 e. The number of aromatic nitrogens is 1. The van der Waals surface area contributed by atoms with Crippen LogP contribution in [0.1, 0.15) is 5.56 Å². The molecule has 0 amide bonds. The molecule has 0 aliphatic rings. The first kappa shape index (κ1) is 13.4. The van der Waals surface area contributed by atoms with Gasteiger partial charge in [-0.05, 0) is 42.9 Å². The molecule has 0 aliphatic carbocycles. The zero-order valence-corrected chi connectivity index (χ0v) is 10.9. The van der Waals surface area contributed by atoms with E-state index in [2.05, 4.69) is 15.6 Å². The number of thiocarbonyl (C=S) groups is 1. The number of halogens is 2. The quantitative estimate of drug-likeness (QED) is 0.825. The number of benzene rings is 1. The second kappa shape index (κ2) is 5.71. The molecular formula is C13H11F2N3S. The van der Waals surface area contributed by atoms with Gasteiger partial charge in [-0.1, -0.05) is 6.07 Å². The molecule has 0 aliphatic heterocycles. The van der Waals surface area contributed by atoms with Crippen LogP contribution in [-0.2, 0) is 0 Å². The van der Waals surface area contributed by atoms with Crippen molar-refractivity contribution >= 4 is 28.8 Å². The molecule has 2 rings (SSSR count). The minimum absolute atomic E-state index is 0.103. The van der Waals surface area contributed by atoms with Gasteiger partial charge >= 0.3 is 0 Å². The zero-order valence-electron chi connectivity index (χ0n) is 10.1. The first-order valence-electron chi connectivity index (χ1n) is 5.50. The highest BCUT2D eigenvalue weighted by Gasteiger charge is 2.06. The lowest BCUT2D eigenvalue weighted by molar-refractivity contribution is 0.586. The van der Waals surface area contributed by atoms with E-state index in [1.54, 1.807) is 12.3 Å². The number of anilines is 2. The highest BCUT2D eigenvalue weighted by molar-refractivity contribution is 7.80. The van der Waals surface area contributed by atoms with Crippen LogP contribution in [0.25, 0.3) is 0 Å². The molecule has 0 fully saturated rings. The van der Waals surface area contributed by atoms with E-state index in [-0.39, 0.29) is 10.8 Å². The van der Waals surface area contributed by atoms with E-state index in [4.69, 9.17) is 12.2 Å². The molecule has 1 aromatic carbocycles. The summed E-state index contributed by atoms with van der Waals surface area (Å²) in [5, 5.41) is 5.63. The summed E-state index contributed by atoms with van der Waals surface area (Å²) >= 11 is 5.02. The van der Waals surface area contributed by atoms with Crippen molar-refractivity contribution < 1.29 is 8.78 Å². The van der Waals surface area contributed by atoms with Gasteiger partial charge in [-0.15, -0.1) is 0 Å². The van der Waals surface area contributed by atoms with Gasteiger partial charge in [-0.3, -0.25) is 0 Å². The van der Waals surface area contributed by atoms with Gasteiger partial charge in [-0.25, -0.2) is 13.8 Å². The van der Waals surface area contributed by atoms with Gasteiger partial charge in [0, 0.05) is 12.3 Å². The van der Waals surface area contributed by atoms with Crippen LogP contribution in [0.5, 0.6) is 0 Å². The highest BCUT2D eigenvalue weighted by atomic mass is 32.1. The Kier molecular flexibility index (Phi) is 4.01. The Morgan fingerprint density at radius 1 is 1.16 bits per heavy atom. The lowest BCUT2D eigenvalue weighted by atomic mass is 10.3. The fraction of sp³-hybridized carbons (Fsp3) is 0.0769. The first-order chi connectivity index (χ1) is 9.04. The summed E-state index contributed by atoms with van der Waals surface area (Å²) in [7, 11) is 0. The van der Waals surface area contributed by atoms with Crippen LogP contribution in [0, 0.1) is 18.6 Å². The Hall–Kier alpha value is -2.08. The highest BCUT2D eigenvalue weighted by Crippen LogP contribution is 2.15. The van der Waals surface area contributed by atoms with E-state index in [9.17, 15) is 8.78 Å². The summed E-state index contributed by atoms with van der Waals surface area (Å²) in [6, 6.07) is 6.84. The molecule has 98 valence electrons. The largest absolute Gasteiger partial charge is 0.330 e. The molecule has 2 aromatic rings. The van der Waals surface area contributed by atoms with Gasteiger partial charge in [0.05, 0.1) is 5.69 Å². The van der Waals surface area contributed by atoms with Crippen LogP contribution in [0.4, 0.5) is 20.3 Å². The summed E-state index contributed by atoms with van der Waals surface area (Å²) in [5.74, 6) is -0.797.